The van der Waals surface area contributed by atoms with Crippen LogP contribution in [0.15, 0.2) is 0 Å². The molecule has 2 unspecified atom stereocenters. The van der Waals surface area contributed by atoms with E-state index in [9.17, 15) is 0 Å². The first kappa shape index (κ1) is 11.4. The number of nitrogens with zero attached hydrogens (tertiary/aromatic N) is 1. The molecule has 1 aliphatic carbocycles. The summed E-state index contributed by atoms with van der Waals surface area (Å²) in [5.74, 6) is 0. The fourth-order valence-corrected chi connectivity index (χ4v) is 3.21. The van der Waals surface area contributed by atoms with Gasteiger partial charge in [0.15, 0.2) is 0 Å². The Morgan fingerprint density at radius 1 is 1.33 bits per heavy atom. The molecule has 2 heteroatoms. The summed E-state index contributed by atoms with van der Waals surface area (Å²) in [4.78, 5) is 2.77. The Balaban J connectivity index is 1.92. The summed E-state index contributed by atoms with van der Waals surface area (Å²) in [5.41, 5.74) is 6.34. The zero-order valence-corrected chi connectivity index (χ0v) is 10.3. The van der Waals surface area contributed by atoms with Crippen molar-refractivity contribution in [2.24, 2.45) is 11.1 Å². The van der Waals surface area contributed by atoms with Crippen LogP contribution in [-0.4, -0.2) is 30.1 Å². The molecule has 0 aromatic carbocycles. The van der Waals surface area contributed by atoms with Crippen LogP contribution < -0.4 is 5.73 Å². The molecule has 0 aromatic rings. The molecule has 2 nitrogen and oxygen atoms in total. The van der Waals surface area contributed by atoms with Gasteiger partial charge in [0.1, 0.15) is 0 Å². The van der Waals surface area contributed by atoms with Gasteiger partial charge in [0.05, 0.1) is 0 Å². The van der Waals surface area contributed by atoms with Crippen molar-refractivity contribution < 1.29 is 0 Å². The lowest BCUT2D eigenvalue weighted by Crippen LogP contribution is -2.39. The minimum absolute atomic E-state index is 0.626. The molecule has 2 aliphatic rings. The summed E-state index contributed by atoms with van der Waals surface area (Å²) < 4.78 is 0. The Bertz CT molecular complexity index is 211. The van der Waals surface area contributed by atoms with Gasteiger partial charge in [-0.05, 0) is 57.4 Å². The highest BCUT2D eigenvalue weighted by Gasteiger charge is 2.45. The third kappa shape index (κ3) is 2.36. The first-order chi connectivity index (χ1) is 7.21. The zero-order valence-electron chi connectivity index (χ0n) is 10.3. The summed E-state index contributed by atoms with van der Waals surface area (Å²) in [6.07, 6.45) is 8.22. The molecule has 0 spiro atoms. The Labute approximate surface area is 94.2 Å². The van der Waals surface area contributed by atoms with Crippen LogP contribution in [0.5, 0.6) is 0 Å². The maximum Gasteiger partial charge on any atom is 0.00962 e. The average Bonchev–Trinajstić information content (AvgIpc) is 2.89. The molecular weight excluding hydrogens is 184 g/mol. The second-order valence-corrected chi connectivity index (χ2v) is 5.70. The molecule has 1 saturated heterocycles. The summed E-state index contributed by atoms with van der Waals surface area (Å²) in [7, 11) is 0. The maximum absolute atomic E-state index is 5.71. The van der Waals surface area contributed by atoms with Crippen molar-refractivity contribution in [3.63, 3.8) is 0 Å². The van der Waals surface area contributed by atoms with Gasteiger partial charge in [-0.15, -0.1) is 0 Å². The highest BCUT2D eigenvalue weighted by molar-refractivity contribution is 4.99. The Kier molecular flexibility index (Phi) is 3.36. The van der Waals surface area contributed by atoms with Crippen LogP contribution in [-0.2, 0) is 0 Å². The van der Waals surface area contributed by atoms with E-state index in [1.54, 1.807) is 0 Å². The van der Waals surface area contributed by atoms with Gasteiger partial charge in [0.2, 0.25) is 0 Å². The Morgan fingerprint density at radius 2 is 2.07 bits per heavy atom. The van der Waals surface area contributed by atoms with E-state index >= 15 is 0 Å². The van der Waals surface area contributed by atoms with Gasteiger partial charge in [-0.25, -0.2) is 0 Å². The number of likely N-dealkylation sites (tertiary alicyclic amines) is 1. The van der Waals surface area contributed by atoms with E-state index in [2.05, 4.69) is 18.7 Å². The van der Waals surface area contributed by atoms with Crippen molar-refractivity contribution in [1.82, 2.24) is 4.90 Å². The van der Waals surface area contributed by atoms with E-state index in [1.807, 2.05) is 0 Å². The van der Waals surface area contributed by atoms with Gasteiger partial charge in [0.25, 0.3) is 0 Å². The predicted octanol–water partition coefficient (Wildman–Crippen LogP) is 2.38. The van der Waals surface area contributed by atoms with Crippen LogP contribution in [0.4, 0.5) is 0 Å². The van der Waals surface area contributed by atoms with Gasteiger partial charge >= 0.3 is 0 Å². The molecule has 0 radical (unpaired) electrons. The number of nitrogens with two attached hydrogens (primary N) is 1. The fraction of sp³-hybridized carbons (Fsp3) is 1.00. The Morgan fingerprint density at radius 3 is 2.60 bits per heavy atom. The normalized spacial score (nSPS) is 34.6. The van der Waals surface area contributed by atoms with Gasteiger partial charge in [0, 0.05) is 18.6 Å². The van der Waals surface area contributed by atoms with Crippen LogP contribution >= 0.6 is 0 Å². The lowest BCUT2D eigenvalue weighted by Gasteiger charge is -2.31. The third-order valence-electron chi connectivity index (χ3n) is 4.57. The first-order valence-corrected chi connectivity index (χ1v) is 6.66. The van der Waals surface area contributed by atoms with Crippen LogP contribution in [0, 0.1) is 5.41 Å². The second kappa shape index (κ2) is 4.42. The largest absolute Gasteiger partial charge is 0.330 e. The van der Waals surface area contributed by atoms with Crippen LogP contribution in [0.3, 0.4) is 0 Å². The summed E-state index contributed by atoms with van der Waals surface area (Å²) >= 11 is 0. The Hall–Kier alpha value is -0.0800. The van der Waals surface area contributed by atoms with E-state index in [0.29, 0.717) is 5.41 Å². The van der Waals surface area contributed by atoms with Crippen molar-refractivity contribution in [2.75, 3.05) is 13.1 Å². The van der Waals surface area contributed by atoms with E-state index in [1.165, 1.54) is 45.1 Å². The number of hydrogen-bond donors (Lipinski definition) is 1. The van der Waals surface area contributed by atoms with Crippen LogP contribution in [0.2, 0.25) is 0 Å². The van der Waals surface area contributed by atoms with E-state index in [-0.39, 0.29) is 0 Å². The van der Waals surface area contributed by atoms with Gasteiger partial charge in [-0.3, -0.25) is 4.90 Å². The second-order valence-electron chi connectivity index (χ2n) is 5.70. The molecule has 0 aromatic heterocycles. The lowest BCUT2D eigenvalue weighted by molar-refractivity contribution is 0.154. The molecule has 2 N–H and O–H groups in total. The lowest BCUT2D eigenvalue weighted by atomic mass is 10.0. The minimum Gasteiger partial charge on any atom is -0.330 e. The molecule has 0 amide bonds. The predicted molar refractivity (Wildman–Crippen MR) is 64.8 cm³/mol. The molecule has 2 fully saturated rings. The molecule has 2 atom stereocenters. The molecule has 2 rings (SSSR count). The van der Waals surface area contributed by atoms with Crippen LogP contribution in [0.1, 0.15) is 52.4 Å². The van der Waals surface area contributed by atoms with E-state index in [0.717, 1.165) is 18.6 Å². The van der Waals surface area contributed by atoms with Gasteiger partial charge < -0.3 is 5.73 Å². The van der Waals surface area contributed by atoms with Crippen molar-refractivity contribution in [1.29, 1.82) is 0 Å². The van der Waals surface area contributed by atoms with Crippen molar-refractivity contribution >= 4 is 0 Å². The molecule has 15 heavy (non-hydrogen) atoms. The average molecular weight is 210 g/mol. The SMILES string of the molecule is CCC1CCC(C)N1CC1(CCN)CC1. The standard InChI is InChI=1S/C13H26N2/c1-3-12-5-4-11(2)15(12)10-13(6-7-13)8-9-14/h11-12H,3-10,14H2,1-2H3. The molecule has 1 saturated carbocycles. The summed E-state index contributed by atoms with van der Waals surface area (Å²) in [6.45, 7) is 6.93. The van der Waals surface area contributed by atoms with Crippen molar-refractivity contribution in [2.45, 2.75) is 64.5 Å². The minimum atomic E-state index is 0.626. The van der Waals surface area contributed by atoms with Crippen LogP contribution in [0.25, 0.3) is 0 Å². The number of rotatable bonds is 5. The van der Waals surface area contributed by atoms with Crippen molar-refractivity contribution in [3.05, 3.63) is 0 Å². The maximum atomic E-state index is 5.71. The first-order valence-electron chi connectivity index (χ1n) is 6.66. The third-order valence-corrected chi connectivity index (χ3v) is 4.57. The summed E-state index contributed by atoms with van der Waals surface area (Å²) in [6, 6.07) is 1.67. The van der Waals surface area contributed by atoms with Gasteiger partial charge in [-0.1, -0.05) is 6.92 Å². The monoisotopic (exact) mass is 210 g/mol. The molecule has 1 aliphatic heterocycles. The quantitative estimate of drug-likeness (QED) is 0.755. The number of hydrogen-bond acceptors (Lipinski definition) is 2. The molecule has 0 bridgehead atoms. The van der Waals surface area contributed by atoms with Crippen molar-refractivity contribution in [3.8, 4) is 0 Å². The topological polar surface area (TPSA) is 29.3 Å². The summed E-state index contributed by atoms with van der Waals surface area (Å²) in [5, 5.41) is 0. The smallest absolute Gasteiger partial charge is 0.00962 e. The molecular formula is C13H26N2. The highest BCUT2D eigenvalue weighted by atomic mass is 15.2. The zero-order chi connectivity index (χ0) is 10.9. The van der Waals surface area contributed by atoms with E-state index < -0.39 is 0 Å². The molecule has 88 valence electrons. The highest BCUT2D eigenvalue weighted by Crippen LogP contribution is 2.50. The fourth-order valence-electron chi connectivity index (χ4n) is 3.21. The van der Waals surface area contributed by atoms with Gasteiger partial charge in [-0.2, -0.15) is 0 Å². The van der Waals surface area contributed by atoms with E-state index in [4.69, 9.17) is 5.73 Å². The molecule has 1 heterocycles.